The molecule has 0 unspecified atom stereocenters. The molecule has 0 aliphatic carbocycles. The second kappa shape index (κ2) is 6.37. The highest BCUT2D eigenvalue weighted by Crippen LogP contribution is 2.32. The summed E-state index contributed by atoms with van der Waals surface area (Å²) in [4.78, 5) is 19.1. The summed E-state index contributed by atoms with van der Waals surface area (Å²) < 4.78 is 15.0. The Morgan fingerprint density at radius 2 is 2.04 bits per heavy atom. The lowest BCUT2D eigenvalue weighted by atomic mass is 10.2. The van der Waals surface area contributed by atoms with Gasteiger partial charge in [-0.3, -0.25) is 4.79 Å². The summed E-state index contributed by atoms with van der Waals surface area (Å²) in [6.45, 7) is 4.54. The van der Waals surface area contributed by atoms with E-state index in [0.717, 1.165) is 21.3 Å². The number of aromatic nitrogens is 1. The van der Waals surface area contributed by atoms with E-state index in [4.69, 9.17) is 0 Å². The maximum atomic E-state index is 13.9. The van der Waals surface area contributed by atoms with Crippen LogP contribution in [0.3, 0.4) is 0 Å². The molecule has 1 aromatic carbocycles. The maximum Gasteiger partial charge on any atom is 0.272 e. The average Bonchev–Trinajstić information content (AvgIpc) is 3.00. The lowest BCUT2D eigenvalue weighted by Gasteiger charge is -2.12. The van der Waals surface area contributed by atoms with E-state index in [0.29, 0.717) is 12.2 Å². The van der Waals surface area contributed by atoms with Gasteiger partial charge in [-0.1, -0.05) is 6.07 Å². The number of carbonyl (C=O) groups is 1. The zero-order valence-electron chi connectivity index (χ0n) is 14.2. The Kier molecular flexibility index (Phi) is 4.43. The van der Waals surface area contributed by atoms with Crippen molar-refractivity contribution in [3.05, 3.63) is 51.8 Å². The van der Waals surface area contributed by atoms with E-state index < -0.39 is 5.82 Å². The van der Waals surface area contributed by atoms with Gasteiger partial charge < -0.3 is 15.2 Å². The molecule has 4 nitrogen and oxygen atoms in total. The van der Waals surface area contributed by atoms with Crippen LogP contribution in [0.25, 0.3) is 10.2 Å². The van der Waals surface area contributed by atoms with Gasteiger partial charge in [0.05, 0.1) is 15.9 Å². The topological polar surface area (TPSA) is 48.1 Å². The molecule has 0 fully saturated rings. The van der Waals surface area contributed by atoms with Crippen LogP contribution in [-0.4, -0.2) is 29.9 Å². The molecule has 6 heteroatoms. The van der Waals surface area contributed by atoms with Gasteiger partial charge in [0.25, 0.3) is 5.91 Å². The summed E-state index contributed by atoms with van der Waals surface area (Å²) in [5.74, 6) is -0.760. The zero-order valence-corrected chi connectivity index (χ0v) is 15.0. The molecule has 126 valence electrons. The summed E-state index contributed by atoms with van der Waals surface area (Å²) >= 11 is 1.66. The van der Waals surface area contributed by atoms with Crippen molar-refractivity contribution in [3.63, 3.8) is 0 Å². The Hall–Kier alpha value is -2.18. The normalized spacial score (nSPS) is 11.4. The standard InChI is InChI=1S/C18H20FN3OS/c1-10-5-6-13(19)14(7-10)21-18(23)16-12(9-22(3)4)17-15(20-16)8-11(2)24-17/h5-8,20H,9H2,1-4H3,(H,21,23). The molecule has 1 amide bonds. The minimum Gasteiger partial charge on any atom is -0.350 e. The Labute approximate surface area is 144 Å². The van der Waals surface area contributed by atoms with Gasteiger partial charge >= 0.3 is 0 Å². The number of rotatable bonds is 4. The van der Waals surface area contributed by atoms with Crippen LogP contribution in [0.4, 0.5) is 10.1 Å². The zero-order chi connectivity index (χ0) is 17.4. The number of aromatic amines is 1. The fourth-order valence-corrected chi connectivity index (χ4v) is 3.74. The number of nitrogens with one attached hydrogen (secondary N) is 2. The van der Waals surface area contributed by atoms with Crippen LogP contribution in [0.15, 0.2) is 24.3 Å². The van der Waals surface area contributed by atoms with E-state index in [1.165, 1.54) is 10.9 Å². The van der Waals surface area contributed by atoms with Crippen molar-refractivity contribution >= 4 is 33.1 Å². The van der Waals surface area contributed by atoms with Gasteiger partial charge in [0.15, 0.2) is 0 Å². The molecule has 0 radical (unpaired) electrons. The molecule has 0 saturated carbocycles. The third-order valence-corrected chi connectivity index (χ3v) is 4.87. The predicted molar refractivity (Wildman–Crippen MR) is 97.4 cm³/mol. The van der Waals surface area contributed by atoms with E-state index in [1.54, 1.807) is 23.5 Å². The Morgan fingerprint density at radius 3 is 2.75 bits per heavy atom. The highest BCUT2D eigenvalue weighted by molar-refractivity contribution is 7.19. The van der Waals surface area contributed by atoms with Gasteiger partial charge in [-0.2, -0.15) is 0 Å². The quantitative estimate of drug-likeness (QED) is 0.741. The van der Waals surface area contributed by atoms with E-state index in [1.807, 2.05) is 38.9 Å². The monoisotopic (exact) mass is 345 g/mol. The number of halogens is 1. The lowest BCUT2D eigenvalue weighted by Crippen LogP contribution is -2.18. The van der Waals surface area contributed by atoms with Gasteiger partial charge in [0, 0.05) is 17.0 Å². The van der Waals surface area contributed by atoms with Crippen LogP contribution < -0.4 is 5.32 Å². The molecule has 2 N–H and O–H groups in total. The first-order valence-electron chi connectivity index (χ1n) is 7.68. The SMILES string of the molecule is Cc1ccc(F)c(NC(=O)c2[nH]c3cc(C)sc3c2CN(C)C)c1. The summed E-state index contributed by atoms with van der Waals surface area (Å²) in [6, 6.07) is 6.70. The molecular formula is C18H20FN3OS. The highest BCUT2D eigenvalue weighted by Gasteiger charge is 2.21. The number of hydrogen-bond donors (Lipinski definition) is 2. The first-order chi connectivity index (χ1) is 11.3. The number of carbonyl (C=O) groups excluding carboxylic acids is 1. The maximum absolute atomic E-state index is 13.9. The molecule has 0 aliphatic rings. The summed E-state index contributed by atoms with van der Waals surface area (Å²) in [6.07, 6.45) is 0. The van der Waals surface area contributed by atoms with E-state index in [9.17, 15) is 9.18 Å². The molecule has 0 atom stereocenters. The third kappa shape index (κ3) is 3.20. The van der Waals surface area contributed by atoms with Crippen molar-refractivity contribution in [2.45, 2.75) is 20.4 Å². The first kappa shape index (κ1) is 16.7. The Bertz CT molecular complexity index is 911. The molecule has 3 aromatic rings. The lowest BCUT2D eigenvalue weighted by molar-refractivity contribution is 0.102. The van der Waals surface area contributed by atoms with E-state index in [2.05, 4.69) is 10.3 Å². The van der Waals surface area contributed by atoms with Gasteiger partial charge in [-0.25, -0.2) is 4.39 Å². The molecule has 0 aliphatic heterocycles. The number of nitrogens with zero attached hydrogens (tertiary/aromatic N) is 1. The van der Waals surface area contributed by atoms with Crippen molar-refractivity contribution in [3.8, 4) is 0 Å². The van der Waals surface area contributed by atoms with Crippen molar-refractivity contribution in [2.24, 2.45) is 0 Å². The van der Waals surface area contributed by atoms with Crippen molar-refractivity contribution < 1.29 is 9.18 Å². The number of fused-ring (bicyclic) bond motifs is 1. The summed E-state index contributed by atoms with van der Waals surface area (Å²) in [5, 5.41) is 2.69. The molecule has 0 saturated heterocycles. The molecule has 3 rings (SSSR count). The second-order valence-electron chi connectivity index (χ2n) is 6.25. The van der Waals surface area contributed by atoms with Crippen molar-refractivity contribution in [1.82, 2.24) is 9.88 Å². The Balaban J connectivity index is 1.99. The first-order valence-corrected chi connectivity index (χ1v) is 8.50. The van der Waals surface area contributed by atoms with Crippen LogP contribution in [0.5, 0.6) is 0 Å². The molecular weight excluding hydrogens is 325 g/mol. The number of aryl methyl sites for hydroxylation is 2. The molecule has 24 heavy (non-hydrogen) atoms. The van der Waals surface area contributed by atoms with E-state index >= 15 is 0 Å². The van der Waals surface area contributed by atoms with Crippen LogP contribution in [0.2, 0.25) is 0 Å². The predicted octanol–water partition coefficient (Wildman–Crippen LogP) is 4.30. The number of hydrogen-bond acceptors (Lipinski definition) is 3. The van der Waals surface area contributed by atoms with Crippen LogP contribution in [0, 0.1) is 19.7 Å². The minimum atomic E-state index is -0.438. The van der Waals surface area contributed by atoms with Crippen LogP contribution >= 0.6 is 11.3 Å². The minimum absolute atomic E-state index is 0.199. The molecule has 2 heterocycles. The van der Waals surface area contributed by atoms with Gasteiger partial charge in [-0.05, 0) is 51.7 Å². The molecule has 0 spiro atoms. The summed E-state index contributed by atoms with van der Waals surface area (Å²) in [5.41, 5.74) is 3.47. The second-order valence-corrected chi connectivity index (χ2v) is 7.51. The fourth-order valence-electron chi connectivity index (χ4n) is 2.74. The average molecular weight is 345 g/mol. The summed E-state index contributed by atoms with van der Waals surface area (Å²) in [7, 11) is 3.92. The number of benzene rings is 1. The molecule has 0 bridgehead atoms. The van der Waals surface area contributed by atoms with Crippen molar-refractivity contribution in [1.29, 1.82) is 0 Å². The van der Waals surface area contributed by atoms with Gasteiger partial charge in [0.2, 0.25) is 0 Å². The van der Waals surface area contributed by atoms with Gasteiger partial charge in [0.1, 0.15) is 11.5 Å². The van der Waals surface area contributed by atoms with Crippen molar-refractivity contribution in [2.75, 3.05) is 19.4 Å². The van der Waals surface area contributed by atoms with E-state index in [-0.39, 0.29) is 11.6 Å². The Morgan fingerprint density at radius 1 is 1.29 bits per heavy atom. The number of anilines is 1. The van der Waals surface area contributed by atoms with Gasteiger partial charge in [-0.15, -0.1) is 11.3 Å². The number of amides is 1. The van der Waals surface area contributed by atoms with Crippen LogP contribution in [-0.2, 0) is 6.54 Å². The number of H-pyrrole nitrogens is 1. The number of thiophene rings is 1. The van der Waals surface area contributed by atoms with Crippen LogP contribution in [0.1, 0.15) is 26.5 Å². The smallest absolute Gasteiger partial charge is 0.272 e. The molecule has 2 aromatic heterocycles. The third-order valence-electron chi connectivity index (χ3n) is 3.76. The highest BCUT2D eigenvalue weighted by atomic mass is 32.1. The fraction of sp³-hybridized carbons (Fsp3) is 0.278. The largest absolute Gasteiger partial charge is 0.350 e.